The molecule has 2 nitrogen and oxygen atoms in total. The number of hydrogen-bond acceptors (Lipinski definition) is 2. The number of aryl methyl sites for hydroxylation is 1. The first kappa shape index (κ1) is 13.7. The highest BCUT2D eigenvalue weighted by Gasteiger charge is 2.39. The van der Waals surface area contributed by atoms with Crippen LogP contribution in [0.3, 0.4) is 0 Å². The van der Waals surface area contributed by atoms with E-state index < -0.39 is 0 Å². The molecule has 108 valence electrons. The van der Waals surface area contributed by atoms with Gasteiger partial charge in [-0.1, -0.05) is 12.5 Å². The van der Waals surface area contributed by atoms with E-state index in [0.29, 0.717) is 12.1 Å². The van der Waals surface area contributed by atoms with Crippen LogP contribution in [-0.4, -0.2) is 29.8 Å². The third kappa shape index (κ3) is 2.39. The van der Waals surface area contributed by atoms with Crippen LogP contribution in [0.4, 0.5) is 4.39 Å². The summed E-state index contributed by atoms with van der Waals surface area (Å²) in [4.78, 5) is 15.0. The van der Waals surface area contributed by atoms with Gasteiger partial charge in [0.25, 0.3) is 0 Å². The largest absolute Gasteiger partial charge is 0.300 e. The van der Waals surface area contributed by atoms with Crippen molar-refractivity contribution in [3.8, 4) is 0 Å². The summed E-state index contributed by atoms with van der Waals surface area (Å²) in [5.74, 6) is -0.356. The monoisotopic (exact) mass is 275 g/mol. The van der Waals surface area contributed by atoms with Crippen LogP contribution in [0.5, 0.6) is 0 Å². The Morgan fingerprint density at radius 1 is 1.25 bits per heavy atom. The number of carbonyl (C=O) groups excluding carboxylic acids is 1. The number of rotatable bonds is 2. The highest BCUT2D eigenvalue weighted by Crippen LogP contribution is 2.37. The molecule has 0 spiro atoms. The molecule has 2 atom stereocenters. The number of fused-ring (bicyclic) bond motifs is 2. The Balaban J connectivity index is 1.81. The Morgan fingerprint density at radius 2 is 1.90 bits per heavy atom. The summed E-state index contributed by atoms with van der Waals surface area (Å²) in [6.07, 6.45) is 5.39. The molecule has 0 amide bonds. The average Bonchev–Trinajstić information content (AvgIpc) is 2.37. The lowest BCUT2D eigenvalue weighted by molar-refractivity contribution is 0.0337. The van der Waals surface area contributed by atoms with Crippen molar-refractivity contribution in [3.63, 3.8) is 0 Å². The lowest BCUT2D eigenvalue weighted by Crippen LogP contribution is -2.51. The zero-order valence-electron chi connectivity index (χ0n) is 12.2. The summed E-state index contributed by atoms with van der Waals surface area (Å²) >= 11 is 0. The Kier molecular flexibility index (Phi) is 3.63. The molecule has 1 aromatic carbocycles. The summed E-state index contributed by atoms with van der Waals surface area (Å²) in [7, 11) is 2.17. The Bertz CT molecular complexity index is 514. The van der Waals surface area contributed by atoms with Gasteiger partial charge in [0.2, 0.25) is 0 Å². The standard InChI is InChI=1S/C17H22FNO/c1-11-6-7-15(16(18)8-11)17(20)12-9-13-4-3-5-14(10-12)19(13)2/h6-8,12-14H,3-5,9-10H2,1-2H3. The van der Waals surface area contributed by atoms with Crippen molar-refractivity contribution >= 4 is 5.78 Å². The molecule has 0 radical (unpaired) electrons. The maximum Gasteiger partial charge on any atom is 0.169 e. The summed E-state index contributed by atoms with van der Waals surface area (Å²) < 4.78 is 14.0. The average molecular weight is 275 g/mol. The van der Waals surface area contributed by atoms with Gasteiger partial charge >= 0.3 is 0 Å². The van der Waals surface area contributed by atoms with Crippen molar-refractivity contribution in [2.75, 3.05) is 7.05 Å². The van der Waals surface area contributed by atoms with E-state index in [1.807, 2.05) is 13.0 Å². The fourth-order valence-corrected chi connectivity index (χ4v) is 3.87. The van der Waals surface area contributed by atoms with E-state index in [1.54, 1.807) is 6.07 Å². The van der Waals surface area contributed by atoms with Crippen molar-refractivity contribution < 1.29 is 9.18 Å². The number of carbonyl (C=O) groups is 1. The Labute approximate surface area is 120 Å². The fraction of sp³-hybridized carbons (Fsp3) is 0.588. The van der Waals surface area contributed by atoms with Crippen molar-refractivity contribution in [2.45, 2.75) is 51.1 Å². The van der Waals surface area contributed by atoms with Gasteiger partial charge in [-0.05, 0) is 57.4 Å². The van der Waals surface area contributed by atoms with Crippen LogP contribution in [0.15, 0.2) is 18.2 Å². The first-order chi connectivity index (χ1) is 9.56. The summed E-state index contributed by atoms with van der Waals surface area (Å²) in [5, 5.41) is 0. The van der Waals surface area contributed by atoms with Crippen LogP contribution >= 0.6 is 0 Å². The topological polar surface area (TPSA) is 20.3 Å². The molecule has 2 aliphatic heterocycles. The minimum atomic E-state index is -0.362. The second-order valence-electron chi connectivity index (χ2n) is 6.42. The summed E-state index contributed by atoms with van der Waals surface area (Å²) in [6, 6.07) is 5.95. The molecule has 0 saturated carbocycles. The van der Waals surface area contributed by atoms with E-state index in [2.05, 4.69) is 11.9 Å². The van der Waals surface area contributed by atoms with Crippen molar-refractivity contribution in [1.82, 2.24) is 4.90 Å². The van der Waals surface area contributed by atoms with Crippen LogP contribution in [0, 0.1) is 18.7 Å². The number of Topliss-reactive ketones (excluding diaryl/α,β-unsaturated/α-hetero) is 1. The molecule has 2 fully saturated rings. The molecule has 20 heavy (non-hydrogen) atoms. The van der Waals surface area contributed by atoms with E-state index >= 15 is 0 Å². The van der Waals surface area contributed by atoms with Gasteiger partial charge in [-0.3, -0.25) is 4.79 Å². The predicted molar refractivity (Wildman–Crippen MR) is 77.4 cm³/mol. The molecule has 3 rings (SSSR count). The molecular weight excluding hydrogens is 253 g/mol. The maximum absolute atomic E-state index is 14.0. The van der Waals surface area contributed by atoms with Gasteiger partial charge in [0.05, 0.1) is 5.56 Å². The summed E-state index contributed by atoms with van der Waals surface area (Å²) in [6.45, 7) is 1.84. The molecular formula is C17H22FNO. The second-order valence-corrected chi connectivity index (χ2v) is 6.42. The zero-order chi connectivity index (χ0) is 14.3. The molecule has 0 aromatic heterocycles. The van der Waals surface area contributed by atoms with Gasteiger partial charge in [0, 0.05) is 18.0 Å². The predicted octanol–water partition coefficient (Wildman–Crippen LogP) is 3.58. The van der Waals surface area contributed by atoms with Gasteiger partial charge in [-0.2, -0.15) is 0 Å². The zero-order valence-corrected chi connectivity index (χ0v) is 12.2. The quantitative estimate of drug-likeness (QED) is 0.769. The molecule has 0 N–H and O–H groups in total. The lowest BCUT2D eigenvalue weighted by Gasteiger charge is -2.46. The lowest BCUT2D eigenvalue weighted by atomic mass is 9.76. The Hall–Kier alpha value is -1.22. The molecule has 1 aromatic rings. The first-order valence-electron chi connectivity index (χ1n) is 7.58. The second kappa shape index (κ2) is 5.28. The number of halogens is 1. The van der Waals surface area contributed by atoms with Gasteiger partial charge in [-0.25, -0.2) is 4.39 Å². The highest BCUT2D eigenvalue weighted by molar-refractivity contribution is 5.98. The molecule has 3 heteroatoms. The number of hydrogen-bond donors (Lipinski definition) is 0. The van der Waals surface area contributed by atoms with Crippen LogP contribution in [-0.2, 0) is 0 Å². The third-order valence-electron chi connectivity index (χ3n) is 5.10. The molecule has 2 heterocycles. The van der Waals surface area contributed by atoms with Crippen molar-refractivity contribution in [2.24, 2.45) is 5.92 Å². The number of nitrogens with zero attached hydrogens (tertiary/aromatic N) is 1. The van der Waals surface area contributed by atoms with Crippen LogP contribution in [0.25, 0.3) is 0 Å². The van der Waals surface area contributed by atoms with Gasteiger partial charge in [0.15, 0.2) is 5.78 Å². The van der Waals surface area contributed by atoms with Crippen molar-refractivity contribution in [1.29, 1.82) is 0 Å². The van der Waals surface area contributed by atoms with Crippen LogP contribution < -0.4 is 0 Å². The van der Waals surface area contributed by atoms with E-state index in [4.69, 9.17) is 0 Å². The van der Waals surface area contributed by atoms with Crippen LogP contribution in [0.1, 0.15) is 48.0 Å². The van der Waals surface area contributed by atoms with Crippen molar-refractivity contribution in [3.05, 3.63) is 35.1 Å². The van der Waals surface area contributed by atoms with E-state index in [1.165, 1.54) is 25.3 Å². The van der Waals surface area contributed by atoms with Gasteiger partial charge < -0.3 is 4.90 Å². The fourth-order valence-electron chi connectivity index (χ4n) is 3.87. The van der Waals surface area contributed by atoms with E-state index in [9.17, 15) is 9.18 Å². The van der Waals surface area contributed by atoms with Crippen LogP contribution in [0.2, 0.25) is 0 Å². The molecule has 2 unspecified atom stereocenters. The Morgan fingerprint density at radius 3 is 2.50 bits per heavy atom. The molecule has 2 saturated heterocycles. The highest BCUT2D eigenvalue weighted by atomic mass is 19.1. The van der Waals surface area contributed by atoms with E-state index in [0.717, 1.165) is 18.4 Å². The third-order valence-corrected chi connectivity index (χ3v) is 5.10. The normalized spacial score (nSPS) is 30.2. The minimum Gasteiger partial charge on any atom is -0.300 e. The smallest absolute Gasteiger partial charge is 0.169 e. The number of ketones is 1. The molecule has 2 aliphatic rings. The molecule has 2 bridgehead atoms. The number of benzene rings is 1. The van der Waals surface area contributed by atoms with Gasteiger partial charge in [-0.15, -0.1) is 0 Å². The minimum absolute atomic E-state index is 0.00120. The van der Waals surface area contributed by atoms with E-state index in [-0.39, 0.29) is 23.1 Å². The SMILES string of the molecule is Cc1ccc(C(=O)C2CC3CCCC(C2)N3C)c(F)c1. The molecule has 0 aliphatic carbocycles. The first-order valence-corrected chi connectivity index (χ1v) is 7.58. The maximum atomic E-state index is 14.0. The number of piperidine rings is 2. The summed E-state index contributed by atoms with van der Waals surface area (Å²) in [5.41, 5.74) is 1.14. The van der Waals surface area contributed by atoms with Gasteiger partial charge in [0.1, 0.15) is 5.82 Å².